The van der Waals surface area contributed by atoms with Crippen LogP contribution in [0, 0.1) is 0 Å². The van der Waals surface area contributed by atoms with Gasteiger partial charge in [0.25, 0.3) is 0 Å². The normalized spacial score (nSPS) is 11.4. The number of hydrogen-bond donors (Lipinski definition) is 0. The number of Topliss-reactive ketones (excluding diaryl/α,β-unsaturated/α-hetero) is 1. The quantitative estimate of drug-likeness (QED) is 0.417. The van der Waals surface area contributed by atoms with Crippen LogP contribution >= 0.6 is 0 Å². The number of esters is 1. The molecule has 0 aliphatic carbocycles. The molecule has 0 aliphatic rings. The number of ketones is 1. The second-order valence-corrected chi connectivity index (χ2v) is 6.38. The van der Waals surface area contributed by atoms with E-state index in [0.29, 0.717) is 17.1 Å². The number of para-hydroxylation sites is 1. The summed E-state index contributed by atoms with van der Waals surface area (Å²) in [4.78, 5) is 24.6. The summed E-state index contributed by atoms with van der Waals surface area (Å²) in [5.41, 5.74) is 2.31. The zero-order chi connectivity index (χ0) is 20.6. The number of ether oxygens (including phenoxy) is 3. The molecule has 5 nitrogen and oxygen atoms in total. The minimum atomic E-state index is -0.913. The molecule has 0 saturated heterocycles. The molecule has 0 N–H and O–H groups in total. The highest BCUT2D eigenvalue weighted by Gasteiger charge is 2.20. The second-order valence-electron chi connectivity index (χ2n) is 6.38. The molecular formula is C24H22O5. The van der Waals surface area contributed by atoms with Gasteiger partial charge in [-0.15, -0.1) is 0 Å². The first-order chi connectivity index (χ1) is 14.1. The third-order valence-corrected chi connectivity index (χ3v) is 4.37. The topological polar surface area (TPSA) is 61.8 Å². The molecule has 0 unspecified atom stereocenters. The average Bonchev–Trinajstić information content (AvgIpc) is 2.78. The highest BCUT2D eigenvalue weighted by molar-refractivity contribution is 6.00. The highest BCUT2D eigenvalue weighted by atomic mass is 16.6. The lowest BCUT2D eigenvalue weighted by Crippen LogP contribution is -2.27. The minimum Gasteiger partial charge on any atom is -0.497 e. The summed E-state index contributed by atoms with van der Waals surface area (Å²) < 4.78 is 16.0. The molecule has 148 valence electrons. The van der Waals surface area contributed by atoms with E-state index in [-0.39, 0.29) is 12.4 Å². The Labute approximate surface area is 169 Å². The monoisotopic (exact) mass is 390 g/mol. The van der Waals surface area contributed by atoms with Crippen molar-refractivity contribution in [3.63, 3.8) is 0 Å². The predicted octanol–water partition coefficient (Wildman–Crippen LogP) is 4.56. The SMILES string of the molecule is COc1ccc(C(=O)[C@@H](C)OC(=O)COc2ccccc2-c2ccccc2)cc1. The number of benzene rings is 3. The third-order valence-electron chi connectivity index (χ3n) is 4.37. The highest BCUT2D eigenvalue weighted by Crippen LogP contribution is 2.29. The summed E-state index contributed by atoms with van der Waals surface area (Å²) in [7, 11) is 1.55. The molecule has 3 aromatic carbocycles. The van der Waals surface area contributed by atoms with Crippen molar-refractivity contribution in [2.45, 2.75) is 13.0 Å². The molecule has 5 heteroatoms. The number of hydrogen-bond acceptors (Lipinski definition) is 5. The van der Waals surface area contributed by atoms with E-state index in [9.17, 15) is 9.59 Å². The Kier molecular flexibility index (Phi) is 6.63. The van der Waals surface area contributed by atoms with Gasteiger partial charge in [-0.1, -0.05) is 48.5 Å². The van der Waals surface area contributed by atoms with Crippen LogP contribution in [-0.2, 0) is 9.53 Å². The number of rotatable bonds is 8. The average molecular weight is 390 g/mol. The van der Waals surface area contributed by atoms with Gasteiger partial charge in [0.2, 0.25) is 5.78 Å². The molecule has 0 saturated carbocycles. The minimum absolute atomic E-state index is 0.286. The van der Waals surface area contributed by atoms with E-state index in [0.717, 1.165) is 11.1 Å². The summed E-state index contributed by atoms with van der Waals surface area (Å²) in [5, 5.41) is 0. The molecular weight excluding hydrogens is 368 g/mol. The van der Waals surface area contributed by atoms with Crippen LogP contribution in [0.2, 0.25) is 0 Å². The lowest BCUT2D eigenvalue weighted by atomic mass is 10.1. The van der Waals surface area contributed by atoms with E-state index < -0.39 is 12.1 Å². The standard InChI is InChI=1S/C24H22O5/c1-17(24(26)19-12-14-20(27-2)15-13-19)29-23(25)16-28-22-11-7-6-10-21(22)18-8-4-3-5-9-18/h3-15,17H,16H2,1-2H3/t17-/m1/s1. The Morgan fingerprint density at radius 3 is 2.21 bits per heavy atom. The van der Waals surface area contributed by atoms with Crippen molar-refractivity contribution in [2.75, 3.05) is 13.7 Å². The van der Waals surface area contributed by atoms with Crippen LogP contribution in [-0.4, -0.2) is 31.6 Å². The summed E-state index contributed by atoms with van der Waals surface area (Å²) in [6.45, 7) is 1.26. The molecule has 29 heavy (non-hydrogen) atoms. The maximum absolute atomic E-state index is 12.4. The molecule has 0 aromatic heterocycles. The van der Waals surface area contributed by atoms with Gasteiger partial charge in [-0.25, -0.2) is 4.79 Å². The van der Waals surface area contributed by atoms with Crippen molar-refractivity contribution in [3.8, 4) is 22.6 Å². The van der Waals surface area contributed by atoms with Crippen molar-refractivity contribution < 1.29 is 23.8 Å². The van der Waals surface area contributed by atoms with E-state index in [1.54, 1.807) is 44.4 Å². The van der Waals surface area contributed by atoms with Crippen LogP contribution in [0.5, 0.6) is 11.5 Å². The number of carbonyl (C=O) groups is 2. The van der Waals surface area contributed by atoms with Crippen LogP contribution < -0.4 is 9.47 Å². The molecule has 0 amide bonds. The second kappa shape index (κ2) is 9.55. The van der Waals surface area contributed by atoms with Crippen LogP contribution in [0.4, 0.5) is 0 Å². The molecule has 0 spiro atoms. The van der Waals surface area contributed by atoms with Gasteiger partial charge in [-0.05, 0) is 42.8 Å². The largest absolute Gasteiger partial charge is 0.497 e. The van der Waals surface area contributed by atoms with Crippen LogP contribution in [0.15, 0.2) is 78.9 Å². The van der Waals surface area contributed by atoms with E-state index in [1.165, 1.54) is 0 Å². The van der Waals surface area contributed by atoms with Gasteiger partial charge in [-0.3, -0.25) is 4.79 Å². The number of methoxy groups -OCH3 is 1. The van der Waals surface area contributed by atoms with Crippen LogP contribution in [0.1, 0.15) is 17.3 Å². The molecule has 0 heterocycles. The number of carbonyl (C=O) groups excluding carboxylic acids is 2. The molecule has 0 aliphatic heterocycles. The Morgan fingerprint density at radius 1 is 0.862 bits per heavy atom. The fourth-order valence-electron chi connectivity index (χ4n) is 2.86. The summed E-state index contributed by atoms with van der Waals surface area (Å²) >= 11 is 0. The first kappa shape index (κ1) is 20.1. The molecule has 3 rings (SSSR count). The van der Waals surface area contributed by atoms with Gasteiger partial charge in [0.05, 0.1) is 7.11 Å². The first-order valence-corrected chi connectivity index (χ1v) is 9.23. The van der Waals surface area contributed by atoms with Gasteiger partial charge in [0.15, 0.2) is 12.7 Å². The Balaban J connectivity index is 1.59. The molecule has 3 aromatic rings. The zero-order valence-corrected chi connectivity index (χ0v) is 16.3. The summed E-state index contributed by atoms with van der Waals surface area (Å²) in [6.07, 6.45) is -0.913. The molecule has 0 bridgehead atoms. The first-order valence-electron chi connectivity index (χ1n) is 9.23. The van der Waals surface area contributed by atoms with Crippen molar-refractivity contribution in [3.05, 3.63) is 84.4 Å². The maximum atomic E-state index is 12.4. The van der Waals surface area contributed by atoms with Gasteiger partial charge in [-0.2, -0.15) is 0 Å². The van der Waals surface area contributed by atoms with Gasteiger partial charge < -0.3 is 14.2 Å². The van der Waals surface area contributed by atoms with Gasteiger partial charge in [0, 0.05) is 11.1 Å². The maximum Gasteiger partial charge on any atom is 0.344 e. The summed E-state index contributed by atoms with van der Waals surface area (Å²) in [5.74, 6) is 0.328. The lowest BCUT2D eigenvalue weighted by Gasteiger charge is -2.14. The molecule has 1 atom stereocenters. The van der Waals surface area contributed by atoms with E-state index >= 15 is 0 Å². The molecule has 0 fully saturated rings. The fourth-order valence-corrected chi connectivity index (χ4v) is 2.86. The lowest BCUT2D eigenvalue weighted by molar-refractivity contribution is -0.148. The van der Waals surface area contributed by atoms with Crippen molar-refractivity contribution >= 4 is 11.8 Å². The van der Waals surface area contributed by atoms with E-state index in [2.05, 4.69) is 0 Å². The Morgan fingerprint density at radius 2 is 1.52 bits per heavy atom. The Bertz CT molecular complexity index is 964. The fraction of sp³-hybridized carbons (Fsp3) is 0.167. The van der Waals surface area contributed by atoms with Crippen molar-refractivity contribution in [1.29, 1.82) is 0 Å². The zero-order valence-electron chi connectivity index (χ0n) is 16.3. The predicted molar refractivity (Wildman–Crippen MR) is 110 cm³/mol. The Hall–Kier alpha value is -3.60. The van der Waals surface area contributed by atoms with Crippen LogP contribution in [0.3, 0.4) is 0 Å². The molecule has 0 radical (unpaired) electrons. The third kappa shape index (κ3) is 5.23. The summed E-state index contributed by atoms with van der Waals surface area (Å²) in [6, 6.07) is 23.9. The van der Waals surface area contributed by atoms with Crippen molar-refractivity contribution in [1.82, 2.24) is 0 Å². The van der Waals surface area contributed by atoms with Crippen molar-refractivity contribution in [2.24, 2.45) is 0 Å². The van der Waals surface area contributed by atoms with Crippen LogP contribution in [0.25, 0.3) is 11.1 Å². The van der Waals surface area contributed by atoms with E-state index in [4.69, 9.17) is 14.2 Å². The van der Waals surface area contributed by atoms with Gasteiger partial charge in [0.1, 0.15) is 11.5 Å². The smallest absolute Gasteiger partial charge is 0.344 e. The van der Waals surface area contributed by atoms with Gasteiger partial charge >= 0.3 is 5.97 Å². The van der Waals surface area contributed by atoms with E-state index in [1.807, 2.05) is 48.5 Å².